The molecular formula is C35H41N5O8. The van der Waals surface area contributed by atoms with Crippen LogP contribution in [0.5, 0.6) is 0 Å². The van der Waals surface area contributed by atoms with Gasteiger partial charge in [-0.2, -0.15) is 0 Å². The lowest BCUT2D eigenvalue weighted by Crippen LogP contribution is -2.52. The van der Waals surface area contributed by atoms with Crippen molar-refractivity contribution >= 4 is 35.1 Å². The van der Waals surface area contributed by atoms with E-state index in [-0.39, 0.29) is 37.4 Å². The summed E-state index contributed by atoms with van der Waals surface area (Å²) < 4.78 is 0. The highest BCUT2D eigenvalue weighted by Crippen LogP contribution is 2.17. The predicted molar refractivity (Wildman–Crippen MR) is 181 cm³/mol. The summed E-state index contributed by atoms with van der Waals surface area (Å²) in [5.41, 5.74) is 4.32. The molecule has 2 amide bonds. The molecule has 13 heteroatoms. The van der Waals surface area contributed by atoms with E-state index in [9.17, 15) is 34.4 Å². The van der Waals surface area contributed by atoms with E-state index >= 15 is 0 Å². The van der Waals surface area contributed by atoms with E-state index in [0.717, 1.165) is 17.3 Å². The van der Waals surface area contributed by atoms with E-state index in [1.54, 1.807) is 60.7 Å². The minimum Gasteiger partial charge on any atom is -0.481 e. The lowest BCUT2D eigenvalue weighted by atomic mass is 10.00. The van der Waals surface area contributed by atoms with Crippen molar-refractivity contribution in [2.24, 2.45) is 5.92 Å². The largest absolute Gasteiger partial charge is 0.481 e. The van der Waals surface area contributed by atoms with E-state index in [2.05, 4.69) is 21.3 Å². The molecule has 0 heterocycles. The number of amides is 2. The summed E-state index contributed by atoms with van der Waals surface area (Å²) in [6, 6.07) is 18.7. The van der Waals surface area contributed by atoms with Gasteiger partial charge in [0.2, 0.25) is 11.8 Å². The van der Waals surface area contributed by atoms with Crippen LogP contribution in [0.3, 0.4) is 0 Å². The van der Waals surface area contributed by atoms with Gasteiger partial charge in [0.15, 0.2) is 5.82 Å². The molecule has 0 saturated heterocycles. The monoisotopic (exact) mass is 659 g/mol. The zero-order valence-electron chi connectivity index (χ0n) is 27.1. The van der Waals surface area contributed by atoms with Crippen LogP contribution in [-0.2, 0) is 38.4 Å². The zero-order chi connectivity index (χ0) is 35.2. The van der Waals surface area contributed by atoms with Crippen molar-refractivity contribution in [2.45, 2.75) is 65.0 Å². The van der Waals surface area contributed by atoms with Gasteiger partial charge in [-0.15, -0.1) is 0 Å². The van der Waals surface area contributed by atoms with Gasteiger partial charge in [-0.25, -0.2) is 4.79 Å². The molecule has 6 N–H and O–H groups in total. The van der Waals surface area contributed by atoms with E-state index in [4.69, 9.17) is 5.11 Å². The van der Waals surface area contributed by atoms with E-state index < -0.39 is 40.8 Å². The average molecular weight is 660 g/mol. The lowest BCUT2D eigenvalue weighted by molar-refractivity contribution is -0.403. The predicted octanol–water partition coefficient (Wildman–Crippen LogP) is 4.50. The fraction of sp³-hybridized carbons (Fsp3) is 0.314. The summed E-state index contributed by atoms with van der Waals surface area (Å²) in [5, 5.41) is 41.1. The standard InChI is InChI=1S/C35H41N5O8/c1-22(2)18-29(34(44)39-30(35(45)46)19-25-8-6-24(7-9-25)12-17-33(42)43)38-32(41)20-26-10-15-28(16-11-26)37-31(21-40(47)48)36-27-13-4-23(3)5-14-27/h4-11,13-16,21-22,29-30,36-37H,12,17-20H2,1-3H3,(H,38,41)(H,39,44)(H,42,43)(H,45,46). The quantitative estimate of drug-likeness (QED) is 0.0835. The summed E-state index contributed by atoms with van der Waals surface area (Å²) in [6.45, 7) is 5.70. The van der Waals surface area contributed by atoms with Gasteiger partial charge >= 0.3 is 11.9 Å². The molecule has 254 valence electrons. The van der Waals surface area contributed by atoms with Crippen LogP contribution in [0.1, 0.15) is 48.9 Å². The first kappa shape index (κ1) is 36.7. The van der Waals surface area contributed by atoms with Crippen molar-refractivity contribution in [1.82, 2.24) is 10.6 Å². The summed E-state index contributed by atoms with van der Waals surface area (Å²) in [4.78, 5) is 59.7. The molecule has 3 aromatic carbocycles. The Morgan fingerprint density at radius 2 is 1.33 bits per heavy atom. The van der Waals surface area contributed by atoms with Gasteiger partial charge in [-0.05, 0) is 66.6 Å². The van der Waals surface area contributed by atoms with Crippen molar-refractivity contribution in [3.8, 4) is 0 Å². The van der Waals surface area contributed by atoms with Crippen molar-refractivity contribution < 1.29 is 34.3 Å². The number of nitro groups is 1. The molecule has 0 aliphatic heterocycles. The van der Waals surface area contributed by atoms with Crippen molar-refractivity contribution in [2.75, 3.05) is 10.6 Å². The molecule has 0 aliphatic rings. The number of nitrogens with zero attached hydrogens (tertiary/aromatic N) is 1. The number of carboxylic acids is 2. The Labute approximate surface area is 278 Å². The first-order chi connectivity index (χ1) is 22.8. The zero-order valence-corrected chi connectivity index (χ0v) is 27.1. The second-order valence-electron chi connectivity index (χ2n) is 11.9. The maximum absolute atomic E-state index is 13.2. The molecule has 0 bridgehead atoms. The Kier molecular flexibility index (Phi) is 13.7. The molecule has 2 atom stereocenters. The van der Waals surface area contributed by atoms with Crippen molar-refractivity contribution in [3.63, 3.8) is 0 Å². The van der Waals surface area contributed by atoms with Gasteiger partial charge in [0.1, 0.15) is 12.1 Å². The molecule has 2 unspecified atom stereocenters. The Morgan fingerprint density at radius 1 is 0.792 bits per heavy atom. The third-order valence-corrected chi connectivity index (χ3v) is 7.23. The molecule has 3 aromatic rings. The van der Waals surface area contributed by atoms with Gasteiger partial charge in [0.25, 0.3) is 6.20 Å². The van der Waals surface area contributed by atoms with Crippen LogP contribution in [0.4, 0.5) is 11.4 Å². The summed E-state index contributed by atoms with van der Waals surface area (Å²) in [7, 11) is 0. The maximum atomic E-state index is 13.2. The summed E-state index contributed by atoms with van der Waals surface area (Å²) in [6.07, 6.45) is 1.37. The normalized spacial score (nSPS) is 12.5. The average Bonchev–Trinajstić information content (AvgIpc) is 3.01. The van der Waals surface area contributed by atoms with Gasteiger partial charge < -0.3 is 31.5 Å². The molecule has 13 nitrogen and oxygen atoms in total. The number of benzene rings is 3. The number of rotatable bonds is 18. The number of hydrogen-bond donors (Lipinski definition) is 6. The van der Waals surface area contributed by atoms with Gasteiger partial charge in [0, 0.05) is 24.2 Å². The number of aliphatic carboxylic acids is 2. The van der Waals surface area contributed by atoms with Crippen LogP contribution in [0.2, 0.25) is 0 Å². The summed E-state index contributed by atoms with van der Waals surface area (Å²) >= 11 is 0. The maximum Gasteiger partial charge on any atom is 0.326 e. The molecule has 0 spiro atoms. The number of carboxylic acid groups (broad SMARTS) is 2. The minimum atomic E-state index is -1.25. The number of nitrogens with one attached hydrogen (secondary N) is 4. The fourth-order valence-electron chi connectivity index (χ4n) is 4.79. The first-order valence-electron chi connectivity index (χ1n) is 15.4. The molecule has 0 saturated carbocycles. The number of carbonyl (C=O) groups excluding carboxylic acids is 2. The van der Waals surface area contributed by atoms with E-state index in [1.807, 2.05) is 32.9 Å². The molecule has 3 rings (SSSR count). The number of anilines is 2. The number of carbonyl (C=O) groups is 4. The second kappa shape index (κ2) is 17.8. The van der Waals surface area contributed by atoms with E-state index in [1.165, 1.54) is 0 Å². The third kappa shape index (κ3) is 12.9. The fourth-order valence-corrected chi connectivity index (χ4v) is 4.79. The molecule has 48 heavy (non-hydrogen) atoms. The first-order valence-corrected chi connectivity index (χ1v) is 15.4. The van der Waals surface area contributed by atoms with Crippen LogP contribution in [-0.4, -0.2) is 51.0 Å². The summed E-state index contributed by atoms with van der Waals surface area (Å²) in [5.74, 6) is -3.03. The molecule has 0 radical (unpaired) electrons. The smallest absolute Gasteiger partial charge is 0.326 e. The highest BCUT2D eigenvalue weighted by atomic mass is 16.6. The second-order valence-corrected chi connectivity index (χ2v) is 11.9. The van der Waals surface area contributed by atoms with Crippen LogP contribution < -0.4 is 21.3 Å². The third-order valence-electron chi connectivity index (χ3n) is 7.23. The number of aryl methyl sites for hydroxylation is 2. The van der Waals surface area contributed by atoms with Crippen LogP contribution in [0, 0.1) is 23.0 Å². The van der Waals surface area contributed by atoms with Gasteiger partial charge in [0.05, 0.1) is 11.3 Å². The Balaban J connectivity index is 1.61. The number of hydrogen-bond acceptors (Lipinski definition) is 8. The van der Waals surface area contributed by atoms with Crippen molar-refractivity contribution in [3.05, 3.63) is 117 Å². The molecule has 0 aromatic heterocycles. The molecule has 0 aliphatic carbocycles. The van der Waals surface area contributed by atoms with Crippen LogP contribution in [0.25, 0.3) is 0 Å². The van der Waals surface area contributed by atoms with Gasteiger partial charge in [-0.1, -0.05) is 67.9 Å². The Hall–Kier alpha value is -5.72. The Bertz CT molecular complexity index is 1600. The lowest BCUT2D eigenvalue weighted by Gasteiger charge is -2.23. The van der Waals surface area contributed by atoms with Crippen molar-refractivity contribution in [1.29, 1.82) is 0 Å². The highest BCUT2D eigenvalue weighted by molar-refractivity contribution is 5.91. The SMILES string of the molecule is Cc1ccc(NC(=C[N+](=O)[O-])Nc2ccc(CC(=O)NC(CC(C)C)C(=O)NC(Cc3ccc(CCC(=O)O)cc3)C(=O)O)cc2)cc1. The molecule has 0 fully saturated rings. The molecular weight excluding hydrogens is 618 g/mol. The van der Waals surface area contributed by atoms with E-state index in [0.29, 0.717) is 28.9 Å². The van der Waals surface area contributed by atoms with Crippen LogP contribution >= 0.6 is 0 Å². The topological polar surface area (TPSA) is 200 Å². The minimum absolute atomic E-state index is 0.00210. The van der Waals surface area contributed by atoms with Crippen LogP contribution in [0.15, 0.2) is 84.8 Å². The highest BCUT2D eigenvalue weighted by Gasteiger charge is 2.27. The van der Waals surface area contributed by atoms with Gasteiger partial charge in [-0.3, -0.25) is 24.5 Å². The Morgan fingerprint density at radius 3 is 1.85 bits per heavy atom.